The van der Waals surface area contributed by atoms with Crippen LogP contribution in [-0.2, 0) is 4.79 Å². The topological polar surface area (TPSA) is 91.7 Å². The molecule has 0 radical (unpaired) electrons. The van der Waals surface area contributed by atoms with Gasteiger partial charge < -0.3 is 9.73 Å². The standard InChI is InChI=1S/C14H14F3N3O4/c15-14(16,17)13(18-10(21)9-6-3-7-24-9)11(22)20(12(23)19-13)8-4-1-2-5-8/h3,6-8H,1-2,4-5H2,(H,18,21)(H,19,23). The largest absolute Gasteiger partial charge is 0.459 e. The smallest absolute Gasteiger partial charge is 0.440 e. The van der Waals surface area contributed by atoms with Gasteiger partial charge in [-0.2, -0.15) is 13.2 Å². The van der Waals surface area contributed by atoms with Crippen LogP contribution in [0.15, 0.2) is 22.8 Å². The van der Waals surface area contributed by atoms with Crippen molar-refractivity contribution in [1.29, 1.82) is 0 Å². The van der Waals surface area contributed by atoms with Crippen LogP contribution in [0.2, 0.25) is 0 Å². The number of rotatable bonds is 3. The highest BCUT2D eigenvalue weighted by atomic mass is 19.4. The van der Waals surface area contributed by atoms with E-state index in [0.717, 1.165) is 25.2 Å². The van der Waals surface area contributed by atoms with Crippen LogP contribution in [0.3, 0.4) is 0 Å². The van der Waals surface area contributed by atoms with Crippen LogP contribution in [0.5, 0.6) is 0 Å². The van der Waals surface area contributed by atoms with Crippen molar-refractivity contribution >= 4 is 17.8 Å². The summed E-state index contributed by atoms with van der Waals surface area (Å²) < 4.78 is 45.5. The molecule has 130 valence electrons. The fourth-order valence-corrected chi connectivity index (χ4v) is 3.03. The van der Waals surface area contributed by atoms with Crippen LogP contribution < -0.4 is 10.6 Å². The van der Waals surface area contributed by atoms with Crippen LogP contribution in [0.1, 0.15) is 36.2 Å². The Balaban J connectivity index is 1.93. The molecule has 1 saturated carbocycles. The van der Waals surface area contributed by atoms with E-state index in [9.17, 15) is 27.6 Å². The Labute approximate surface area is 134 Å². The predicted octanol–water partition coefficient (Wildman–Crippen LogP) is 1.76. The Morgan fingerprint density at radius 1 is 1.33 bits per heavy atom. The molecule has 0 aromatic carbocycles. The summed E-state index contributed by atoms with van der Waals surface area (Å²) in [6.45, 7) is 0. The lowest BCUT2D eigenvalue weighted by Crippen LogP contribution is -2.69. The Kier molecular flexibility index (Phi) is 3.77. The minimum atomic E-state index is -5.21. The first-order valence-corrected chi connectivity index (χ1v) is 7.35. The van der Waals surface area contributed by atoms with Crippen molar-refractivity contribution in [2.45, 2.75) is 43.6 Å². The third kappa shape index (κ3) is 2.42. The fourth-order valence-electron chi connectivity index (χ4n) is 3.03. The van der Waals surface area contributed by atoms with Gasteiger partial charge in [0.15, 0.2) is 5.76 Å². The summed E-state index contributed by atoms with van der Waals surface area (Å²) in [6, 6.07) is 0.705. The molecule has 2 fully saturated rings. The van der Waals surface area contributed by atoms with E-state index < -0.39 is 41.5 Å². The van der Waals surface area contributed by atoms with Gasteiger partial charge in [-0.3, -0.25) is 19.8 Å². The number of imide groups is 1. The number of alkyl halides is 3. The summed E-state index contributed by atoms with van der Waals surface area (Å²) in [6.07, 6.45) is -1.78. The Bertz CT molecular complexity index is 667. The summed E-state index contributed by atoms with van der Waals surface area (Å²) >= 11 is 0. The molecular formula is C14H14F3N3O4. The van der Waals surface area contributed by atoms with Gasteiger partial charge in [0.1, 0.15) is 0 Å². The molecule has 10 heteroatoms. The number of carbonyl (C=O) groups is 3. The first-order valence-electron chi connectivity index (χ1n) is 7.35. The number of nitrogens with zero attached hydrogens (tertiary/aromatic N) is 1. The molecule has 0 bridgehead atoms. The maximum absolute atomic E-state index is 13.6. The van der Waals surface area contributed by atoms with Gasteiger partial charge in [-0.15, -0.1) is 0 Å². The number of hydrogen-bond donors (Lipinski definition) is 2. The number of halogens is 3. The monoisotopic (exact) mass is 345 g/mol. The van der Waals surface area contributed by atoms with Gasteiger partial charge in [0.25, 0.3) is 17.5 Å². The minimum absolute atomic E-state index is 0.403. The van der Waals surface area contributed by atoms with Crippen LogP contribution >= 0.6 is 0 Å². The number of nitrogens with one attached hydrogen (secondary N) is 2. The molecule has 1 unspecified atom stereocenters. The average Bonchev–Trinajstić information content (AvgIpc) is 3.20. The average molecular weight is 345 g/mol. The van der Waals surface area contributed by atoms with Crippen LogP contribution in [-0.4, -0.2) is 40.6 Å². The molecule has 1 aromatic heterocycles. The van der Waals surface area contributed by atoms with Crippen molar-refractivity contribution in [3.63, 3.8) is 0 Å². The lowest BCUT2D eigenvalue weighted by molar-refractivity contribution is -0.200. The van der Waals surface area contributed by atoms with Gasteiger partial charge in [0.2, 0.25) is 0 Å². The van der Waals surface area contributed by atoms with Crippen molar-refractivity contribution < 1.29 is 32.0 Å². The van der Waals surface area contributed by atoms with Crippen molar-refractivity contribution in [2.24, 2.45) is 0 Å². The third-order valence-corrected chi connectivity index (χ3v) is 4.21. The molecule has 3 rings (SSSR count). The van der Waals surface area contributed by atoms with Crippen molar-refractivity contribution in [3.8, 4) is 0 Å². The fraction of sp³-hybridized carbons (Fsp3) is 0.500. The Morgan fingerprint density at radius 2 is 2.00 bits per heavy atom. The summed E-state index contributed by atoms with van der Waals surface area (Å²) in [4.78, 5) is 37.0. The number of hydrogen-bond acceptors (Lipinski definition) is 4. The lowest BCUT2D eigenvalue weighted by atomic mass is 10.1. The molecule has 1 saturated heterocycles. The molecule has 2 aliphatic rings. The first kappa shape index (κ1) is 16.3. The van der Waals surface area contributed by atoms with Crippen LogP contribution in [0.4, 0.5) is 18.0 Å². The van der Waals surface area contributed by atoms with Crippen molar-refractivity contribution in [3.05, 3.63) is 24.2 Å². The quantitative estimate of drug-likeness (QED) is 0.817. The molecule has 7 nitrogen and oxygen atoms in total. The number of carbonyl (C=O) groups excluding carboxylic acids is 3. The van der Waals surface area contributed by atoms with Crippen LogP contribution in [0.25, 0.3) is 0 Å². The maximum atomic E-state index is 13.6. The highest BCUT2D eigenvalue weighted by Crippen LogP contribution is 2.37. The zero-order valence-electron chi connectivity index (χ0n) is 12.4. The van der Waals surface area contributed by atoms with Gasteiger partial charge in [-0.05, 0) is 25.0 Å². The molecule has 1 aliphatic heterocycles. The second-order valence-electron chi connectivity index (χ2n) is 5.72. The van der Waals surface area contributed by atoms with E-state index in [1.807, 2.05) is 0 Å². The minimum Gasteiger partial charge on any atom is -0.459 e. The second kappa shape index (κ2) is 5.53. The van der Waals surface area contributed by atoms with Crippen molar-refractivity contribution in [1.82, 2.24) is 15.5 Å². The molecule has 1 aromatic rings. The zero-order valence-corrected chi connectivity index (χ0v) is 12.4. The highest BCUT2D eigenvalue weighted by molar-refractivity contribution is 6.10. The molecular weight excluding hydrogens is 331 g/mol. The predicted molar refractivity (Wildman–Crippen MR) is 72.6 cm³/mol. The van der Waals surface area contributed by atoms with E-state index in [0.29, 0.717) is 17.7 Å². The molecule has 24 heavy (non-hydrogen) atoms. The molecule has 0 spiro atoms. The SMILES string of the molecule is O=C(NC1(C(F)(F)F)NC(=O)N(C2CCCC2)C1=O)c1ccco1. The maximum Gasteiger partial charge on any atom is 0.440 e. The van der Waals surface area contributed by atoms with E-state index in [1.54, 1.807) is 10.6 Å². The number of furan rings is 1. The van der Waals surface area contributed by atoms with E-state index >= 15 is 0 Å². The Morgan fingerprint density at radius 3 is 2.54 bits per heavy atom. The lowest BCUT2D eigenvalue weighted by Gasteiger charge is -2.30. The highest BCUT2D eigenvalue weighted by Gasteiger charge is 2.69. The molecule has 2 heterocycles. The zero-order chi connectivity index (χ0) is 17.5. The molecule has 1 atom stereocenters. The van der Waals surface area contributed by atoms with Gasteiger partial charge >= 0.3 is 12.2 Å². The number of urea groups is 1. The molecule has 2 N–H and O–H groups in total. The van der Waals surface area contributed by atoms with E-state index in [2.05, 4.69) is 0 Å². The summed E-state index contributed by atoms with van der Waals surface area (Å²) in [5.41, 5.74) is -3.49. The number of amides is 4. The van der Waals surface area contributed by atoms with Gasteiger partial charge in [-0.25, -0.2) is 4.79 Å². The summed E-state index contributed by atoms with van der Waals surface area (Å²) in [5.74, 6) is -3.17. The summed E-state index contributed by atoms with van der Waals surface area (Å²) in [5, 5.41) is 3.20. The van der Waals surface area contributed by atoms with E-state index in [4.69, 9.17) is 4.42 Å². The Hall–Kier alpha value is -2.52. The first-order chi connectivity index (χ1) is 11.3. The molecule has 1 aliphatic carbocycles. The summed E-state index contributed by atoms with van der Waals surface area (Å²) in [7, 11) is 0. The van der Waals surface area contributed by atoms with Gasteiger partial charge in [0, 0.05) is 6.04 Å². The van der Waals surface area contributed by atoms with Crippen LogP contribution in [0, 0.1) is 0 Å². The van der Waals surface area contributed by atoms with Crippen molar-refractivity contribution in [2.75, 3.05) is 0 Å². The van der Waals surface area contributed by atoms with Gasteiger partial charge in [-0.1, -0.05) is 12.8 Å². The third-order valence-electron chi connectivity index (χ3n) is 4.21. The normalized spacial score (nSPS) is 25.2. The van der Waals surface area contributed by atoms with E-state index in [-0.39, 0.29) is 0 Å². The van der Waals surface area contributed by atoms with E-state index in [1.165, 1.54) is 6.07 Å². The second-order valence-corrected chi connectivity index (χ2v) is 5.72. The molecule has 4 amide bonds. The van der Waals surface area contributed by atoms with Gasteiger partial charge in [0.05, 0.1) is 6.26 Å².